The van der Waals surface area contributed by atoms with Crippen LogP contribution in [0.15, 0.2) is 48.5 Å². The van der Waals surface area contributed by atoms with Crippen LogP contribution >= 0.6 is 0 Å². The van der Waals surface area contributed by atoms with E-state index in [0.717, 1.165) is 43.6 Å². The van der Waals surface area contributed by atoms with Crippen LogP contribution in [0.4, 0.5) is 0 Å². The second kappa shape index (κ2) is 10.5. The Kier molecular flexibility index (Phi) is 8.03. The summed E-state index contributed by atoms with van der Waals surface area (Å²) in [6, 6.07) is 16.7. The smallest absolute Gasteiger partial charge is 0.219 e. The molecule has 2 aromatic carbocycles. The molecule has 0 atom stereocenters. The van der Waals surface area contributed by atoms with E-state index < -0.39 is 0 Å². The molecule has 0 radical (unpaired) electrons. The molecule has 0 bridgehead atoms. The van der Waals surface area contributed by atoms with E-state index >= 15 is 0 Å². The van der Waals surface area contributed by atoms with E-state index in [-0.39, 0.29) is 5.91 Å². The predicted molar refractivity (Wildman–Crippen MR) is 104 cm³/mol. The average molecular weight is 339 g/mol. The number of aryl methyl sites for hydroxylation is 1. The summed E-state index contributed by atoms with van der Waals surface area (Å²) in [5.74, 6) is 1.07. The van der Waals surface area contributed by atoms with E-state index in [1.54, 1.807) is 0 Å². The Morgan fingerprint density at radius 3 is 2.56 bits per heavy atom. The maximum Gasteiger partial charge on any atom is 0.219 e. The lowest BCUT2D eigenvalue weighted by atomic mass is 9.99. The fourth-order valence-electron chi connectivity index (χ4n) is 2.77. The van der Waals surface area contributed by atoms with Crippen LogP contribution in [0.3, 0.4) is 0 Å². The standard InChI is InChI=1S/C22H29NO2/c1-3-5-16-25-21-15-14-18(10-9-13-22(24)23-4-2)17-20(21)19-11-7-6-8-12-19/h6-8,11-12,14-15,17H,3-5,9-10,13,16H2,1-2H3,(H,23,24). The molecule has 1 amide bonds. The van der Waals surface area contributed by atoms with Gasteiger partial charge in [0, 0.05) is 18.5 Å². The largest absolute Gasteiger partial charge is 0.493 e. The molecule has 0 aliphatic heterocycles. The molecule has 0 unspecified atom stereocenters. The first-order valence-electron chi connectivity index (χ1n) is 9.32. The molecule has 2 rings (SSSR count). The Hall–Kier alpha value is -2.29. The highest BCUT2D eigenvalue weighted by Gasteiger charge is 2.08. The van der Waals surface area contributed by atoms with Crippen LogP contribution in [0.2, 0.25) is 0 Å². The molecule has 0 spiro atoms. The van der Waals surface area contributed by atoms with Gasteiger partial charge in [0.15, 0.2) is 0 Å². The maximum absolute atomic E-state index is 11.6. The van der Waals surface area contributed by atoms with E-state index in [1.165, 1.54) is 11.1 Å². The Morgan fingerprint density at radius 2 is 1.84 bits per heavy atom. The van der Waals surface area contributed by atoms with Gasteiger partial charge in [0.2, 0.25) is 5.91 Å². The number of carbonyl (C=O) groups excluding carboxylic acids is 1. The Labute approximate surface area is 151 Å². The third-order valence-corrected chi connectivity index (χ3v) is 4.13. The molecule has 25 heavy (non-hydrogen) atoms. The normalized spacial score (nSPS) is 10.5. The summed E-state index contributed by atoms with van der Waals surface area (Å²) in [7, 11) is 0. The van der Waals surface area contributed by atoms with E-state index in [1.807, 2.05) is 25.1 Å². The van der Waals surface area contributed by atoms with E-state index in [0.29, 0.717) is 13.0 Å². The minimum Gasteiger partial charge on any atom is -0.493 e. The Balaban J connectivity index is 2.10. The van der Waals surface area contributed by atoms with Crippen molar-refractivity contribution in [3.05, 3.63) is 54.1 Å². The molecule has 3 heteroatoms. The van der Waals surface area contributed by atoms with Gasteiger partial charge in [-0.3, -0.25) is 4.79 Å². The number of hydrogen-bond acceptors (Lipinski definition) is 2. The molecule has 0 saturated heterocycles. The molecule has 0 aromatic heterocycles. The topological polar surface area (TPSA) is 38.3 Å². The summed E-state index contributed by atoms with van der Waals surface area (Å²) < 4.78 is 6.00. The maximum atomic E-state index is 11.6. The van der Waals surface area contributed by atoms with Gasteiger partial charge in [-0.25, -0.2) is 0 Å². The Bertz CT molecular complexity index is 652. The van der Waals surface area contributed by atoms with Crippen molar-refractivity contribution in [2.75, 3.05) is 13.2 Å². The molecule has 3 nitrogen and oxygen atoms in total. The van der Waals surface area contributed by atoms with Crippen LogP contribution < -0.4 is 10.1 Å². The summed E-state index contributed by atoms with van der Waals surface area (Å²) >= 11 is 0. The lowest BCUT2D eigenvalue weighted by Crippen LogP contribution is -2.22. The van der Waals surface area contributed by atoms with Gasteiger partial charge >= 0.3 is 0 Å². The first kappa shape index (κ1) is 19.0. The van der Waals surface area contributed by atoms with Crippen LogP contribution in [-0.2, 0) is 11.2 Å². The van der Waals surface area contributed by atoms with Crippen LogP contribution in [0.5, 0.6) is 5.75 Å². The van der Waals surface area contributed by atoms with Gasteiger partial charge in [0.25, 0.3) is 0 Å². The van der Waals surface area contributed by atoms with Crippen molar-refractivity contribution >= 4 is 5.91 Å². The minimum absolute atomic E-state index is 0.130. The molecule has 0 saturated carbocycles. The number of rotatable bonds is 10. The number of ether oxygens (including phenoxy) is 1. The van der Waals surface area contributed by atoms with E-state index in [9.17, 15) is 4.79 Å². The fourth-order valence-corrected chi connectivity index (χ4v) is 2.77. The molecule has 2 aromatic rings. The summed E-state index contributed by atoms with van der Waals surface area (Å²) in [4.78, 5) is 11.6. The van der Waals surface area contributed by atoms with Crippen molar-refractivity contribution in [1.29, 1.82) is 0 Å². The second-order valence-electron chi connectivity index (χ2n) is 6.21. The van der Waals surface area contributed by atoms with E-state index in [2.05, 4.69) is 42.6 Å². The molecular formula is C22H29NO2. The quantitative estimate of drug-likeness (QED) is 0.619. The number of amides is 1. The number of nitrogens with one attached hydrogen (secondary N) is 1. The molecule has 0 fully saturated rings. The van der Waals surface area contributed by atoms with Crippen molar-refractivity contribution in [2.45, 2.75) is 46.0 Å². The number of unbranched alkanes of at least 4 members (excludes halogenated alkanes) is 1. The van der Waals surface area contributed by atoms with Crippen molar-refractivity contribution in [3.8, 4) is 16.9 Å². The van der Waals surface area contributed by atoms with Gasteiger partial charge in [0.1, 0.15) is 5.75 Å². The van der Waals surface area contributed by atoms with Crippen molar-refractivity contribution < 1.29 is 9.53 Å². The average Bonchev–Trinajstić information content (AvgIpc) is 2.64. The lowest BCUT2D eigenvalue weighted by Gasteiger charge is -2.13. The third-order valence-electron chi connectivity index (χ3n) is 4.13. The monoisotopic (exact) mass is 339 g/mol. The van der Waals surface area contributed by atoms with Gasteiger partial charge in [-0.05, 0) is 49.4 Å². The number of carbonyl (C=O) groups is 1. The van der Waals surface area contributed by atoms with Gasteiger partial charge in [-0.2, -0.15) is 0 Å². The summed E-state index contributed by atoms with van der Waals surface area (Å²) in [5, 5.41) is 2.85. The molecule has 134 valence electrons. The SMILES string of the molecule is CCCCOc1ccc(CCCC(=O)NCC)cc1-c1ccccc1. The highest BCUT2D eigenvalue weighted by Crippen LogP contribution is 2.31. The van der Waals surface area contributed by atoms with Crippen LogP contribution in [0, 0.1) is 0 Å². The van der Waals surface area contributed by atoms with Crippen molar-refractivity contribution in [3.63, 3.8) is 0 Å². The van der Waals surface area contributed by atoms with Gasteiger partial charge in [-0.15, -0.1) is 0 Å². The summed E-state index contributed by atoms with van der Waals surface area (Å²) in [6.07, 6.45) is 4.51. The highest BCUT2D eigenvalue weighted by molar-refractivity contribution is 5.75. The van der Waals surface area contributed by atoms with Gasteiger partial charge < -0.3 is 10.1 Å². The van der Waals surface area contributed by atoms with Crippen molar-refractivity contribution in [2.24, 2.45) is 0 Å². The lowest BCUT2D eigenvalue weighted by molar-refractivity contribution is -0.121. The molecule has 0 aliphatic carbocycles. The highest BCUT2D eigenvalue weighted by atomic mass is 16.5. The minimum atomic E-state index is 0.130. The summed E-state index contributed by atoms with van der Waals surface area (Å²) in [6.45, 7) is 5.55. The fraction of sp³-hybridized carbons (Fsp3) is 0.409. The first-order valence-corrected chi connectivity index (χ1v) is 9.32. The van der Waals surface area contributed by atoms with Crippen LogP contribution in [0.25, 0.3) is 11.1 Å². The van der Waals surface area contributed by atoms with E-state index in [4.69, 9.17) is 4.74 Å². The molecule has 0 aliphatic rings. The molecule has 0 heterocycles. The zero-order valence-corrected chi connectivity index (χ0v) is 15.4. The van der Waals surface area contributed by atoms with Crippen LogP contribution in [-0.4, -0.2) is 19.1 Å². The zero-order valence-electron chi connectivity index (χ0n) is 15.4. The zero-order chi connectivity index (χ0) is 17.9. The second-order valence-corrected chi connectivity index (χ2v) is 6.21. The number of hydrogen-bond donors (Lipinski definition) is 1. The van der Waals surface area contributed by atoms with Gasteiger partial charge in [0.05, 0.1) is 6.61 Å². The van der Waals surface area contributed by atoms with Crippen molar-refractivity contribution in [1.82, 2.24) is 5.32 Å². The summed E-state index contributed by atoms with van der Waals surface area (Å²) in [5.41, 5.74) is 3.54. The van der Waals surface area contributed by atoms with Gasteiger partial charge in [-0.1, -0.05) is 49.7 Å². The predicted octanol–water partition coefficient (Wildman–Crippen LogP) is 4.99. The number of benzene rings is 2. The van der Waals surface area contributed by atoms with Crippen LogP contribution in [0.1, 0.15) is 45.1 Å². The molecule has 1 N–H and O–H groups in total. The third kappa shape index (κ3) is 6.26. The molecular weight excluding hydrogens is 310 g/mol. The first-order chi connectivity index (χ1) is 12.2. The Morgan fingerprint density at radius 1 is 1.04 bits per heavy atom.